The van der Waals surface area contributed by atoms with Crippen LogP contribution in [0.15, 0.2) is 29.1 Å². The van der Waals surface area contributed by atoms with E-state index in [1.807, 2.05) is 13.0 Å². The maximum absolute atomic E-state index is 12.3. The summed E-state index contributed by atoms with van der Waals surface area (Å²) < 4.78 is 23.2. The van der Waals surface area contributed by atoms with Gasteiger partial charge in [0.1, 0.15) is 6.54 Å². The summed E-state index contributed by atoms with van der Waals surface area (Å²) in [6.07, 6.45) is 0. The van der Waals surface area contributed by atoms with Crippen LogP contribution in [0.25, 0.3) is 10.9 Å². The lowest BCUT2D eigenvalue weighted by Gasteiger charge is -2.19. The van der Waals surface area contributed by atoms with Crippen molar-refractivity contribution >= 4 is 38.2 Å². The van der Waals surface area contributed by atoms with E-state index in [4.69, 9.17) is 11.6 Å². The highest BCUT2D eigenvalue weighted by Crippen LogP contribution is 2.17. The van der Waals surface area contributed by atoms with Gasteiger partial charge in [-0.1, -0.05) is 12.1 Å². The quantitative estimate of drug-likeness (QED) is 0.517. The van der Waals surface area contributed by atoms with Crippen molar-refractivity contribution in [3.05, 3.63) is 40.4 Å². The smallest absolute Gasteiger partial charge is 0.275 e. The zero-order chi connectivity index (χ0) is 19.6. The molecular formula is C17H22ClN4O4S+. The van der Waals surface area contributed by atoms with Crippen molar-refractivity contribution in [2.24, 2.45) is 0 Å². The molecule has 0 radical (unpaired) electrons. The molecule has 3 N–H and O–H groups in total. The van der Waals surface area contributed by atoms with Crippen molar-refractivity contribution in [1.82, 2.24) is 15.3 Å². The van der Waals surface area contributed by atoms with Crippen molar-refractivity contribution < 1.29 is 18.1 Å². The number of nitrogens with one attached hydrogen (secondary N) is 3. The number of halogens is 1. The zero-order valence-corrected chi connectivity index (χ0v) is 16.4. The molecule has 0 saturated carbocycles. The molecule has 10 heteroatoms. The van der Waals surface area contributed by atoms with E-state index < -0.39 is 21.3 Å². The molecule has 1 aromatic carbocycles. The number of H-pyrrole nitrogens is 1. The first-order chi connectivity index (χ1) is 12.8. The van der Waals surface area contributed by atoms with E-state index in [-0.39, 0.29) is 29.5 Å². The SMILES string of the molecule is CC[NH+](CC(=O)N[C@H]1CS(=O)(=O)C[C@@H]1Cl)Cc1nc2ccccc2c(=O)[nH]1. The van der Waals surface area contributed by atoms with Crippen LogP contribution in [0.2, 0.25) is 0 Å². The first-order valence-electron chi connectivity index (χ1n) is 8.73. The molecule has 2 aromatic rings. The van der Waals surface area contributed by atoms with Gasteiger partial charge >= 0.3 is 0 Å². The van der Waals surface area contributed by atoms with Crippen molar-refractivity contribution in [3.63, 3.8) is 0 Å². The summed E-state index contributed by atoms with van der Waals surface area (Å²) in [5, 5.41) is 2.62. The minimum atomic E-state index is -3.20. The number of sulfone groups is 1. The molecule has 1 aliphatic heterocycles. The largest absolute Gasteiger partial charge is 0.346 e. The number of hydrogen-bond acceptors (Lipinski definition) is 5. The number of para-hydroxylation sites is 1. The number of nitrogens with zero attached hydrogens (tertiary/aromatic N) is 1. The van der Waals surface area contributed by atoms with Crippen molar-refractivity contribution in [2.75, 3.05) is 24.6 Å². The van der Waals surface area contributed by atoms with Crippen LogP contribution in [0.5, 0.6) is 0 Å². The van der Waals surface area contributed by atoms with Gasteiger partial charge in [-0.2, -0.15) is 0 Å². The first kappa shape index (κ1) is 19.8. The number of amides is 1. The van der Waals surface area contributed by atoms with Crippen LogP contribution in [0.1, 0.15) is 12.7 Å². The van der Waals surface area contributed by atoms with Crippen LogP contribution in [-0.2, 0) is 21.2 Å². The summed E-state index contributed by atoms with van der Waals surface area (Å²) in [6.45, 7) is 3.06. The molecule has 27 heavy (non-hydrogen) atoms. The van der Waals surface area contributed by atoms with E-state index in [1.54, 1.807) is 18.2 Å². The second-order valence-electron chi connectivity index (χ2n) is 6.75. The molecule has 0 aliphatic carbocycles. The van der Waals surface area contributed by atoms with E-state index in [2.05, 4.69) is 15.3 Å². The van der Waals surface area contributed by atoms with Crippen molar-refractivity contribution in [2.45, 2.75) is 24.9 Å². The van der Waals surface area contributed by atoms with Gasteiger partial charge in [0, 0.05) is 0 Å². The summed E-state index contributed by atoms with van der Waals surface area (Å²) >= 11 is 6.03. The molecule has 1 fully saturated rings. The van der Waals surface area contributed by atoms with Crippen LogP contribution >= 0.6 is 11.6 Å². The van der Waals surface area contributed by atoms with Gasteiger partial charge in [-0.25, -0.2) is 13.4 Å². The van der Waals surface area contributed by atoms with Crippen molar-refractivity contribution in [1.29, 1.82) is 0 Å². The Kier molecular flexibility index (Phi) is 5.83. The molecule has 3 rings (SSSR count). The Morgan fingerprint density at radius 1 is 1.37 bits per heavy atom. The Balaban J connectivity index is 1.65. The molecule has 1 unspecified atom stereocenters. The Morgan fingerprint density at radius 3 is 2.78 bits per heavy atom. The lowest BCUT2D eigenvalue weighted by molar-refractivity contribution is -0.904. The number of rotatable bonds is 6. The molecule has 0 bridgehead atoms. The minimum Gasteiger partial charge on any atom is -0.346 e. The van der Waals surface area contributed by atoms with Crippen LogP contribution in [0.4, 0.5) is 0 Å². The average Bonchev–Trinajstić information content (AvgIpc) is 2.85. The third-order valence-corrected chi connectivity index (χ3v) is 6.99. The van der Waals surface area contributed by atoms with E-state index in [0.717, 1.165) is 4.90 Å². The van der Waals surface area contributed by atoms with Crippen LogP contribution in [-0.4, -0.2) is 60.3 Å². The topological polar surface area (TPSA) is 113 Å². The summed E-state index contributed by atoms with van der Waals surface area (Å²) in [6, 6.07) is 6.50. The number of fused-ring (bicyclic) bond motifs is 1. The maximum Gasteiger partial charge on any atom is 0.275 e. The maximum atomic E-state index is 12.3. The number of likely N-dealkylation sites (N-methyl/N-ethyl adjacent to an activating group) is 1. The minimum absolute atomic E-state index is 0.119. The Bertz CT molecular complexity index is 1010. The third kappa shape index (κ3) is 4.85. The van der Waals surface area contributed by atoms with Gasteiger partial charge in [-0.05, 0) is 19.1 Å². The van der Waals surface area contributed by atoms with Gasteiger partial charge in [0.25, 0.3) is 11.5 Å². The second-order valence-corrected chi connectivity index (χ2v) is 9.47. The van der Waals surface area contributed by atoms with E-state index in [9.17, 15) is 18.0 Å². The Hall–Kier alpha value is -1.97. The molecule has 1 amide bonds. The van der Waals surface area contributed by atoms with Crippen LogP contribution < -0.4 is 15.8 Å². The number of quaternary nitrogens is 1. The lowest BCUT2D eigenvalue weighted by atomic mass is 10.2. The molecule has 146 valence electrons. The van der Waals surface area contributed by atoms with Crippen LogP contribution in [0, 0.1) is 0 Å². The number of aromatic nitrogens is 2. The van der Waals surface area contributed by atoms with Gasteiger partial charge in [0.15, 0.2) is 22.2 Å². The summed E-state index contributed by atoms with van der Waals surface area (Å²) in [5.41, 5.74) is 0.397. The fraction of sp³-hybridized carbons (Fsp3) is 0.471. The fourth-order valence-electron chi connectivity index (χ4n) is 3.19. The van der Waals surface area contributed by atoms with Gasteiger partial charge < -0.3 is 15.2 Å². The van der Waals surface area contributed by atoms with Gasteiger partial charge in [-0.15, -0.1) is 11.6 Å². The monoisotopic (exact) mass is 413 g/mol. The number of carbonyl (C=O) groups is 1. The number of aromatic amines is 1. The molecule has 0 spiro atoms. The lowest BCUT2D eigenvalue weighted by Crippen LogP contribution is -3.11. The highest BCUT2D eigenvalue weighted by molar-refractivity contribution is 7.91. The molecular weight excluding hydrogens is 392 g/mol. The van der Waals surface area contributed by atoms with E-state index in [0.29, 0.717) is 29.8 Å². The highest BCUT2D eigenvalue weighted by Gasteiger charge is 2.37. The molecule has 2 heterocycles. The molecule has 1 aromatic heterocycles. The highest BCUT2D eigenvalue weighted by atomic mass is 35.5. The second kappa shape index (κ2) is 7.95. The number of hydrogen-bond donors (Lipinski definition) is 3. The fourth-order valence-corrected chi connectivity index (χ4v) is 5.74. The average molecular weight is 414 g/mol. The van der Waals surface area contributed by atoms with Crippen molar-refractivity contribution in [3.8, 4) is 0 Å². The molecule has 3 atom stereocenters. The van der Waals surface area contributed by atoms with Crippen LogP contribution in [0.3, 0.4) is 0 Å². The summed E-state index contributed by atoms with van der Waals surface area (Å²) in [7, 11) is -3.20. The van der Waals surface area contributed by atoms with Gasteiger partial charge in [0.05, 0.1) is 40.4 Å². The van der Waals surface area contributed by atoms with Gasteiger partial charge in [0.2, 0.25) is 0 Å². The standard InChI is InChI=1S/C17H21ClN4O4S/c1-2-22(8-16(23)20-14-10-27(25,26)9-12(14)18)7-15-19-13-6-4-3-5-11(13)17(24)21-15/h3-6,12,14H,2,7-10H2,1H3,(H,20,23)(H,19,21,24)/p+1/t12-,14-/m0/s1. The number of benzene rings is 1. The third-order valence-electron chi connectivity index (χ3n) is 4.62. The number of carbonyl (C=O) groups excluding carboxylic acids is 1. The molecule has 1 saturated heterocycles. The van der Waals surface area contributed by atoms with E-state index >= 15 is 0 Å². The number of alkyl halides is 1. The van der Waals surface area contributed by atoms with Gasteiger partial charge in [-0.3, -0.25) is 9.59 Å². The predicted molar refractivity (Wildman–Crippen MR) is 103 cm³/mol. The molecule has 8 nitrogen and oxygen atoms in total. The predicted octanol–water partition coefficient (Wildman–Crippen LogP) is -1.15. The Labute approximate surface area is 161 Å². The summed E-state index contributed by atoms with van der Waals surface area (Å²) in [4.78, 5) is 32.6. The first-order valence-corrected chi connectivity index (χ1v) is 11.0. The Morgan fingerprint density at radius 2 is 2.11 bits per heavy atom. The van der Waals surface area contributed by atoms with E-state index in [1.165, 1.54) is 0 Å². The normalized spacial score (nSPS) is 22.6. The zero-order valence-electron chi connectivity index (χ0n) is 14.9. The molecule has 1 aliphatic rings. The summed E-state index contributed by atoms with van der Waals surface area (Å²) in [5.74, 6) is -0.0234.